The van der Waals surface area contributed by atoms with Gasteiger partial charge in [0.05, 0.1) is 11.6 Å². The number of nitriles is 1. The Hall–Kier alpha value is -1.59. The fourth-order valence-corrected chi connectivity index (χ4v) is 3.65. The van der Waals surface area contributed by atoms with E-state index in [2.05, 4.69) is 61.9 Å². The first kappa shape index (κ1) is 20.7. The maximum atomic E-state index is 8.85. The molecule has 0 bridgehead atoms. The number of rotatable bonds is 5. The topological polar surface area (TPSA) is 60.2 Å². The van der Waals surface area contributed by atoms with Crippen molar-refractivity contribution in [2.75, 3.05) is 13.6 Å². The van der Waals surface area contributed by atoms with Gasteiger partial charge in [0.1, 0.15) is 0 Å². The van der Waals surface area contributed by atoms with E-state index >= 15 is 0 Å². The molecule has 2 N–H and O–H groups in total. The lowest BCUT2D eigenvalue weighted by Gasteiger charge is -2.20. The number of nitrogens with one attached hydrogen (secondary N) is 2. The molecule has 3 rings (SSSR count). The standard InChI is InChI=1S/C20H21BrN4.HI/c1-23-19(24-13-16-8-6-15(12-22)7-9-16)25-14-20(10-11-20)17-4-2-3-5-18(17)21;/h2-9H,10-11,13-14H2,1H3,(H2,23,24,25);1H. The van der Waals surface area contributed by atoms with Gasteiger partial charge in [-0.3, -0.25) is 4.99 Å². The van der Waals surface area contributed by atoms with E-state index in [0.29, 0.717) is 12.1 Å². The number of guanidine groups is 1. The zero-order valence-corrected chi connectivity index (χ0v) is 18.5. The van der Waals surface area contributed by atoms with Gasteiger partial charge >= 0.3 is 0 Å². The second-order valence-electron chi connectivity index (χ2n) is 6.35. The molecular weight excluding hydrogens is 503 g/mol. The Labute approximate surface area is 180 Å². The summed E-state index contributed by atoms with van der Waals surface area (Å²) in [4.78, 5) is 4.31. The lowest BCUT2D eigenvalue weighted by Crippen LogP contribution is -2.41. The predicted molar refractivity (Wildman–Crippen MR) is 120 cm³/mol. The van der Waals surface area contributed by atoms with E-state index in [-0.39, 0.29) is 29.4 Å². The first-order valence-corrected chi connectivity index (χ1v) is 9.15. The van der Waals surface area contributed by atoms with Crippen LogP contribution in [0.3, 0.4) is 0 Å². The molecule has 0 spiro atoms. The van der Waals surface area contributed by atoms with Crippen LogP contribution in [0.4, 0.5) is 0 Å². The van der Waals surface area contributed by atoms with Crippen molar-refractivity contribution >= 4 is 45.9 Å². The summed E-state index contributed by atoms with van der Waals surface area (Å²) >= 11 is 3.67. The summed E-state index contributed by atoms with van der Waals surface area (Å²) < 4.78 is 1.18. The van der Waals surface area contributed by atoms with Crippen molar-refractivity contribution in [3.8, 4) is 6.07 Å². The fourth-order valence-electron chi connectivity index (χ4n) is 2.94. The molecule has 1 aliphatic carbocycles. The molecule has 0 aromatic heterocycles. The van der Waals surface area contributed by atoms with Gasteiger partial charge in [-0.05, 0) is 42.2 Å². The average Bonchev–Trinajstić information content (AvgIpc) is 3.43. The number of halogens is 2. The van der Waals surface area contributed by atoms with Crippen molar-refractivity contribution in [2.24, 2.45) is 4.99 Å². The highest BCUT2D eigenvalue weighted by Gasteiger charge is 2.45. The van der Waals surface area contributed by atoms with E-state index in [9.17, 15) is 0 Å². The minimum absolute atomic E-state index is 0. The Kier molecular flexibility index (Phi) is 7.47. The van der Waals surface area contributed by atoms with Gasteiger partial charge in [0, 0.05) is 30.0 Å². The zero-order valence-electron chi connectivity index (χ0n) is 14.6. The third-order valence-corrected chi connectivity index (χ3v) is 5.35. The van der Waals surface area contributed by atoms with E-state index in [0.717, 1.165) is 18.1 Å². The van der Waals surface area contributed by atoms with Crippen LogP contribution in [0.15, 0.2) is 58.0 Å². The molecule has 0 heterocycles. The van der Waals surface area contributed by atoms with Crippen LogP contribution in [0, 0.1) is 11.3 Å². The summed E-state index contributed by atoms with van der Waals surface area (Å²) in [5.74, 6) is 0.794. The first-order valence-electron chi connectivity index (χ1n) is 8.35. The summed E-state index contributed by atoms with van der Waals surface area (Å²) in [6.45, 7) is 1.54. The molecule has 0 radical (unpaired) electrons. The summed E-state index contributed by atoms with van der Waals surface area (Å²) in [6, 6.07) is 18.2. The predicted octanol–water partition coefficient (Wildman–Crippen LogP) is 4.34. The number of benzene rings is 2. The highest BCUT2D eigenvalue weighted by molar-refractivity contribution is 14.0. The Morgan fingerprint density at radius 2 is 1.85 bits per heavy atom. The lowest BCUT2D eigenvalue weighted by molar-refractivity contribution is 0.643. The largest absolute Gasteiger partial charge is 0.356 e. The molecule has 1 fully saturated rings. The second kappa shape index (κ2) is 9.38. The van der Waals surface area contributed by atoms with Crippen LogP contribution in [0.1, 0.15) is 29.5 Å². The van der Waals surface area contributed by atoms with Crippen LogP contribution < -0.4 is 10.6 Å². The Balaban J connectivity index is 0.00000243. The fraction of sp³-hybridized carbons (Fsp3) is 0.300. The highest BCUT2D eigenvalue weighted by Crippen LogP contribution is 2.49. The molecule has 0 amide bonds. The van der Waals surface area contributed by atoms with Crippen molar-refractivity contribution < 1.29 is 0 Å². The van der Waals surface area contributed by atoms with Gasteiger partial charge in [-0.2, -0.15) is 5.26 Å². The number of hydrogen-bond acceptors (Lipinski definition) is 2. The van der Waals surface area contributed by atoms with Gasteiger partial charge in [-0.1, -0.05) is 46.3 Å². The van der Waals surface area contributed by atoms with Crippen LogP contribution >= 0.6 is 39.9 Å². The molecule has 0 atom stereocenters. The Morgan fingerprint density at radius 1 is 1.15 bits per heavy atom. The van der Waals surface area contributed by atoms with Crippen LogP contribution in [-0.4, -0.2) is 19.6 Å². The molecule has 136 valence electrons. The molecule has 1 saturated carbocycles. The molecule has 0 saturated heterocycles. The molecular formula is C20H22BrIN4. The summed E-state index contributed by atoms with van der Waals surface area (Å²) in [7, 11) is 1.78. The van der Waals surface area contributed by atoms with Crippen LogP contribution in [-0.2, 0) is 12.0 Å². The molecule has 2 aromatic rings. The summed E-state index contributed by atoms with van der Waals surface area (Å²) in [5.41, 5.74) is 3.36. The van der Waals surface area contributed by atoms with E-state index < -0.39 is 0 Å². The van der Waals surface area contributed by atoms with Gasteiger partial charge in [0.15, 0.2) is 5.96 Å². The van der Waals surface area contributed by atoms with Crippen molar-refractivity contribution in [3.63, 3.8) is 0 Å². The van der Waals surface area contributed by atoms with Crippen molar-refractivity contribution in [1.82, 2.24) is 10.6 Å². The Morgan fingerprint density at radius 3 is 2.42 bits per heavy atom. The zero-order chi connectivity index (χ0) is 17.7. The van der Waals surface area contributed by atoms with Crippen molar-refractivity contribution in [2.45, 2.75) is 24.8 Å². The Bertz CT molecular complexity index is 807. The quantitative estimate of drug-likeness (QED) is 0.347. The van der Waals surface area contributed by atoms with Gasteiger partial charge in [0.25, 0.3) is 0 Å². The van der Waals surface area contributed by atoms with E-state index in [4.69, 9.17) is 5.26 Å². The monoisotopic (exact) mass is 524 g/mol. The number of hydrogen-bond donors (Lipinski definition) is 2. The second-order valence-corrected chi connectivity index (χ2v) is 7.20. The number of nitrogens with zero attached hydrogens (tertiary/aromatic N) is 2. The van der Waals surface area contributed by atoms with Crippen molar-refractivity contribution in [3.05, 3.63) is 69.7 Å². The lowest BCUT2D eigenvalue weighted by atomic mass is 9.96. The third-order valence-electron chi connectivity index (χ3n) is 4.66. The maximum Gasteiger partial charge on any atom is 0.191 e. The summed E-state index contributed by atoms with van der Waals surface area (Å²) in [5, 5.41) is 15.6. The molecule has 26 heavy (non-hydrogen) atoms. The van der Waals surface area contributed by atoms with Gasteiger partial charge < -0.3 is 10.6 Å². The molecule has 0 aliphatic heterocycles. The minimum Gasteiger partial charge on any atom is -0.356 e. The SMILES string of the molecule is CN=C(NCc1ccc(C#N)cc1)NCC1(c2ccccc2Br)CC1.I. The van der Waals surface area contributed by atoms with E-state index in [1.54, 1.807) is 7.05 Å². The molecule has 6 heteroatoms. The van der Waals surface area contributed by atoms with E-state index in [1.807, 2.05) is 24.3 Å². The smallest absolute Gasteiger partial charge is 0.191 e. The van der Waals surface area contributed by atoms with Gasteiger partial charge in [0.2, 0.25) is 0 Å². The highest BCUT2D eigenvalue weighted by atomic mass is 127. The summed E-state index contributed by atoms with van der Waals surface area (Å²) in [6.07, 6.45) is 2.38. The molecule has 2 aromatic carbocycles. The normalized spacial score (nSPS) is 14.7. The molecule has 0 unspecified atom stereocenters. The van der Waals surface area contributed by atoms with Gasteiger partial charge in [-0.25, -0.2) is 0 Å². The van der Waals surface area contributed by atoms with Crippen molar-refractivity contribution in [1.29, 1.82) is 5.26 Å². The van der Waals surface area contributed by atoms with Crippen LogP contribution in [0.2, 0.25) is 0 Å². The maximum absolute atomic E-state index is 8.85. The van der Waals surface area contributed by atoms with Gasteiger partial charge in [-0.15, -0.1) is 24.0 Å². The van der Waals surface area contributed by atoms with Crippen LogP contribution in [0.25, 0.3) is 0 Å². The number of aliphatic imine (C=N–C) groups is 1. The molecule has 1 aliphatic rings. The minimum atomic E-state index is 0. The third kappa shape index (κ3) is 4.98. The van der Waals surface area contributed by atoms with E-state index in [1.165, 1.54) is 22.9 Å². The average molecular weight is 525 g/mol. The molecule has 4 nitrogen and oxygen atoms in total. The first-order chi connectivity index (χ1) is 12.2. The van der Waals surface area contributed by atoms with Crippen LogP contribution in [0.5, 0.6) is 0 Å².